The van der Waals surface area contributed by atoms with E-state index >= 15 is 0 Å². The van der Waals surface area contributed by atoms with Crippen molar-refractivity contribution in [1.29, 1.82) is 0 Å². The van der Waals surface area contributed by atoms with E-state index in [4.69, 9.17) is 14.0 Å². The average Bonchev–Trinajstić information content (AvgIpc) is 3.37. The van der Waals surface area contributed by atoms with E-state index in [0.717, 1.165) is 27.8 Å². The Labute approximate surface area is 205 Å². The lowest BCUT2D eigenvalue weighted by atomic mass is 9.82. The fourth-order valence-corrected chi connectivity index (χ4v) is 5.24. The van der Waals surface area contributed by atoms with Crippen molar-refractivity contribution in [3.63, 3.8) is 0 Å². The maximum atomic E-state index is 8.57. The van der Waals surface area contributed by atoms with Crippen LogP contribution in [-0.4, -0.2) is 0 Å². The summed E-state index contributed by atoms with van der Waals surface area (Å²) in [5.41, 5.74) is 4.39. The number of furan rings is 1. The number of hydrogen-bond acceptors (Lipinski definition) is 1. The van der Waals surface area contributed by atoms with E-state index < -0.39 is 25.0 Å². The molecular formula is C31H30NO+. The smallest absolute Gasteiger partial charge is 0.216 e. The summed E-state index contributed by atoms with van der Waals surface area (Å²) in [6.45, 7) is 0.0549. The zero-order chi connectivity index (χ0) is 29.0. The Morgan fingerprint density at radius 3 is 2.58 bits per heavy atom. The van der Waals surface area contributed by atoms with Crippen molar-refractivity contribution >= 4 is 21.9 Å². The molecule has 164 valence electrons. The highest BCUT2D eigenvalue weighted by atomic mass is 16.3. The van der Waals surface area contributed by atoms with Crippen LogP contribution in [0.2, 0.25) is 0 Å². The summed E-state index contributed by atoms with van der Waals surface area (Å²) >= 11 is 0. The summed E-state index contributed by atoms with van der Waals surface area (Å²) in [4.78, 5) is 0. The van der Waals surface area contributed by atoms with E-state index in [2.05, 4.69) is 0 Å². The first-order chi connectivity index (χ1) is 18.6. The van der Waals surface area contributed by atoms with Crippen molar-refractivity contribution in [2.24, 2.45) is 7.05 Å². The zero-order valence-corrected chi connectivity index (χ0v) is 19.2. The summed E-state index contributed by atoms with van der Waals surface area (Å²) in [6.07, 6.45) is 1.94. The van der Waals surface area contributed by atoms with Crippen molar-refractivity contribution < 1.29 is 18.6 Å². The molecule has 1 aliphatic rings. The third-order valence-electron chi connectivity index (χ3n) is 7.00. The Hall–Kier alpha value is -3.39. The van der Waals surface area contributed by atoms with Crippen molar-refractivity contribution in [2.45, 2.75) is 45.8 Å². The fourth-order valence-electron chi connectivity index (χ4n) is 5.24. The van der Waals surface area contributed by atoms with Crippen LogP contribution in [0.5, 0.6) is 0 Å². The van der Waals surface area contributed by atoms with Crippen LogP contribution in [-0.2, 0) is 12.5 Å². The highest BCUT2D eigenvalue weighted by molar-refractivity contribution is 6.17. The molecule has 0 saturated carbocycles. The lowest BCUT2D eigenvalue weighted by Crippen LogP contribution is -2.31. The maximum absolute atomic E-state index is 8.57. The normalized spacial score (nSPS) is 18.5. The molecule has 0 N–H and O–H groups in total. The molecule has 2 heteroatoms. The van der Waals surface area contributed by atoms with Crippen molar-refractivity contribution in [1.82, 2.24) is 0 Å². The van der Waals surface area contributed by atoms with Crippen molar-refractivity contribution in [2.75, 3.05) is 0 Å². The first-order valence-electron chi connectivity index (χ1n) is 14.7. The molecule has 2 aromatic heterocycles. The minimum absolute atomic E-state index is 0.273. The molecule has 2 heterocycles. The standard InChI is InChI=1S/C31H30NO/c1-18(2)20-15-16-32(6)25(17-20)27-19(3)11-12-22-29-26(33-30(22)27)14-13-24-28(29)21-9-7-8-10-23(21)31(24,4)5/h7-18H,1-6H3/q+1/i4D3,5D3,18D. The molecule has 3 aromatic carbocycles. The number of fused-ring (bicyclic) bond motifs is 7. The van der Waals surface area contributed by atoms with Gasteiger partial charge < -0.3 is 4.42 Å². The summed E-state index contributed by atoms with van der Waals surface area (Å²) in [5.74, 6) is -0.795. The second-order valence-electron chi connectivity index (χ2n) is 9.30. The Morgan fingerprint density at radius 2 is 1.79 bits per heavy atom. The van der Waals surface area contributed by atoms with E-state index in [1.54, 1.807) is 30.3 Å². The molecule has 0 unspecified atom stereocenters. The summed E-state index contributed by atoms with van der Waals surface area (Å²) < 4.78 is 68.3. The molecule has 0 fully saturated rings. The van der Waals surface area contributed by atoms with Crippen LogP contribution in [0.4, 0.5) is 0 Å². The minimum atomic E-state index is -2.83. The summed E-state index contributed by atoms with van der Waals surface area (Å²) in [5, 5.41) is 1.49. The fraction of sp³-hybridized carbons (Fsp3) is 0.258. The Balaban J connectivity index is 1.77. The van der Waals surface area contributed by atoms with E-state index in [1.807, 2.05) is 68.9 Å². The summed E-state index contributed by atoms with van der Waals surface area (Å²) in [6, 6.07) is 18.2. The third kappa shape index (κ3) is 2.70. The van der Waals surface area contributed by atoms with Gasteiger partial charge in [-0.15, -0.1) is 0 Å². The second kappa shape index (κ2) is 6.81. The van der Waals surface area contributed by atoms with Gasteiger partial charge in [-0.1, -0.05) is 70.0 Å². The lowest BCUT2D eigenvalue weighted by molar-refractivity contribution is -0.660. The lowest BCUT2D eigenvalue weighted by Gasteiger charge is -2.21. The van der Waals surface area contributed by atoms with Crippen molar-refractivity contribution in [3.05, 3.63) is 89.1 Å². The van der Waals surface area contributed by atoms with Gasteiger partial charge in [0.1, 0.15) is 18.2 Å². The maximum Gasteiger partial charge on any atom is 0.216 e. The van der Waals surface area contributed by atoms with E-state index in [0.29, 0.717) is 27.7 Å². The molecule has 2 nitrogen and oxygen atoms in total. The molecular weight excluding hydrogens is 402 g/mol. The Bertz CT molecular complexity index is 1820. The molecule has 0 bridgehead atoms. The second-order valence-corrected chi connectivity index (χ2v) is 9.30. The Morgan fingerprint density at radius 1 is 0.970 bits per heavy atom. The van der Waals surface area contributed by atoms with E-state index in [9.17, 15) is 0 Å². The van der Waals surface area contributed by atoms with Gasteiger partial charge in [0, 0.05) is 37.9 Å². The van der Waals surface area contributed by atoms with Gasteiger partial charge in [-0.2, -0.15) is 0 Å². The number of aryl methyl sites for hydroxylation is 2. The van der Waals surface area contributed by atoms with Gasteiger partial charge >= 0.3 is 0 Å². The molecule has 33 heavy (non-hydrogen) atoms. The molecule has 0 saturated heterocycles. The first kappa shape index (κ1) is 14.0. The Kier molecular flexibility index (Phi) is 2.89. The molecule has 0 amide bonds. The van der Waals surface area contributed by atoms with Crippen LogP contribution in [0.15, 0.2) is 71.3 Å². The highest BCUT2D eigenvalue weighted by Gasteiger charge is 2.37. The van der Waals surface area contributed by atoms with Gasteiger partial charge in [0.05, 0.1) is 5.56 Å². The molecule has 0 spiro atoms. The highest BCUT2D eigenvalue weighted by Crippen LogP contribution is 2.53. The van der Waals surface area contributed by atoms with E-state index in [1.165, 1.54) is 0 Å². The number of rotatable bonds is 2. The molecule has 0 aliphatic heterocycles. The van der Waals surface area contributed by atoms with Crippen LogP contribution >= 0.6 is 0 Å². The first-order valence-corrected chi connectivity index (χ1v) is 11.2. The SMILES string of the molecule is [2H]C(C)(C)c1cc[n+](C)c(-c2c(C)ccc3c2oc2ccc4c(c23)-c2ccccc2C4(C([2H])([2H])[2H])C([2H])([2H])[2H])c1. The van der Waals surface area contributed by atoms with Crippen LogP contribution in [0, 0.1) is 6.92 Å². The predicted molar refractivity (Wildman–Crippen MR) is 137 cm³/mol. The monoisotopic (exact) mass is 439 g/mol. The van der Waals surface area contributed by atoms with Crippen LogP contribution in [0.3, 0.4) is 0 Å². The van der Waals surface area contributed by atoms with Crippen LogP contribution < -0.4 is 4.57 Å². The number of aromatic nitrogens is 1. The quantitative estimate of drug-likeness (QED) is 0.256. The molecule has 0 atom stereocenters. The van der Waals surface area contributed by atoms with Crippen molar-refractivity contribution in [3.8, 4) is 22.4 Å². The van der Waals surface area contributed by atoms with Gasteiger partial charge in [0.2, 0.25) is 5.69 Å². The van der Waals surface area contributed by atoms with Gasteiger partial charge in [0.15, 0.2) is 6.20 Å². The van der Waals surface area contributed by atoms with E-state index in [-0.39, 0.29) is 11.1 Å². The number of hydrogen-bond donors (Lipinski definition) is 0. The van der Waals surface area contributed by atoms with Gasteiger partial charge in [-0.05, 0) is 52.3 Å². The largest absolute Gasteiger partial charge is 0.455 e. The van der Waals surface area contributed by atoms with Crippen LogP contribution in [0.25, 0.3) is 44.3 Å². The average molecular weight is 440 g/mol. The molecule has 5 aromatic rings. The number of nitrogens with zero attached hydrogens (tertiary/aromatic N) is 1. The number of benzene rings is 3. The van der Waals surface area contributed by atoms with Gasteiger partial charge in [0.25, 0.3) is 0 Å². The van der Waals surface area contributed by atoms with Crippen LogP contribution in [0.1, 0.15) is 65.3 Å². The predicted octanol–water partition coefficient (Wildman–Crippen LogP) is 7.82. The molecule has 1 aliphatic carbocycles. The molecule has 0 radical (unpaired) electrons. The third-order valence-corrected chi connectivity index (χ3v) is 7.00. The van der Waals surface area contributed by atoms with Gasteiger partial charge in [-0.3, -0.25) is 0 Å². The topological polar surface area (TPSA) is 17.0 Å². The zero-order valence-electron chi connectivity index (χ0n) is 26.2. The minimum Gasteiger partial charge on any atom is -0.455 e. The van der Waals surface area contributed by atoms with Gasteiger partial charge in [-0.25, -0.2) is 4.57 Å². The summed E-state index contributed by atoms with van der Waals surface area (Å²) in [7, 11) is 1.95. The number of pyridine rings is 1. The molecule has 6 rings (SSSR count).